The van der Waals surface area contributed by atoms with Gasteiger partial charge in [-0.2, -0.15) is 0 Å². The van der Waals surface area contributed by atoms with Crippen LogP contribution in [0.3, 0.4) is 0 Å². The zero-order valence-electron chi connectivity index (χ0n) is 18.4. The van der Waals surface area contributed by atoms with E-state index in [1.165, 1.54) is 17.5 Å². The lowest BCUT2D eigenvalue weighted by atomic mass is 9.81. The second kappa shape index (κ2) is 8.58. The van der Waals surface area contributed by atoms with Crippen molar-refractivity contribution in [1.29, 1.82) is 0 Å². The van der Waals surface area contributed by atoms with E-state index >= 15 is 0 Å². The van der Waals surface area contributed by atoms with Crippen molar-refractivity contribution in [2.75, 3.05) is 36.5 Å². The molecule has 9 nitrogen and oxygen atoms in total. The summed E-state index contributed by atoms with van der Waals surface area (Å²) in [6.07, 6.45) is 3.29. The molecule has 1 aliphatic carbocycles. The molecule has 4 amide bonds. The number of anilines is 2. The van der Waals surface area contributed by atoms with Crippen LogP contribution in [0.15, 0.2) is 24.4 Å². The Bertz CT molecular complexity index is 1170. The van der Waals surface area contributed by atoms with Crippen LogP contribution in [0.1, 0.15) is 31.7 Å². The molecule has 0 radical (unpaired) electrons. The van der Waals surface area contributed by atoms with Crippen LogP contribution in [-0.4, -0.2) is 59.7 Å². The molecule has 1 saturated carbocycles. The number of rotatable bonds is 4. The van der Waals surface area contributed by atoms with E-state index in [0.29, 0.717) is 53.4 Å². The van der Waals surface area contributed by atoms with Gasteiger partial charge in [-0.25, -0.2) is 19.4 Å². The largest absolute Gasteiger partial charge is 0.464 e. The third kappa shape index (κ3) is 4.08. The number of thiazole rings is 1. The standard InChI is InChI=1S/C22H23Cl2N5O4S/c1-2-33-17(30)22(5-6-22)27-20(32)28-8-7-21(11-28)12-29(15-4-3-13(23)9-14(15)21)19(31)26-18-25-10-16(24)34-18/h3-4,9-10H,2,5-8,11-12H2,1H3,(H,27,32)(H,25,26,31). The van der Waals surface area contributed by atoms with E-state index in [-0.39, 0.29) is 24.6 Å². The molecular weight excluding hydrogens is 501 g/mol. The predicted molar refractivity (Wildman–Crippen MR) is 130 cm³/mol. The number of nitrogens with one attached hydrogen (secondary N) is 2. The zero-order chi connectivity index (χ0) is 24.1. The van der Waals surface area contributed by atoms with E-state index in [4.69, 9.17) is 27.9 Å². The first kappa shape index (κ1) is 23.2. The van der Waals surface area contributed by atoms with Crippen molar-refractivity contribution < 1.29 is 19.1 Å². The molecule has 0 bridgehead atoms. The highest BCUT2D eigenvalue weighted by atomic mass is 35.5. The highest BCUT2D eigenvalue weighted by Crippen LogP contribution is 2.48. The summed E-state index contributed by atoms with van der Waals surface area (Å²) in [4.78, 5) is 45.9. The number of benzene rings is 1. The van der Waals surface area contributed by atoms with Crippen LogP contribution in [-0.2, 0) is 14.9 Å². The molecule has 1 spiro atoms. The van der Waals surface area contributed by atoms with Crippen molar-refractivity contribution >= 4 is 63.4 Å². The topological polar surface area (TPSA) is 104 Å². The number of hydrogen-bond acceptors (Lipinski definition) is 6. The molecule has 34 heavy (non-hydrogen) atoms. The normalized spacial score (nSPS) is 22.0. The maximum absolute atomic E-state index is 13.1. The number of hydrogen-bond donors (Lipinski definition) is 2. The molecule has 1 atom stereocenters. The van der Waals surface area contributed by atoms with Gasteiger partial charge in [-0.1, -0.05) is 34.5 Å². The van der Waals surface area contributed by atoms with Gasteiger partial charge in [-0.3, -0.25) is 10.2 Å². The quantitative estimate of drug-likeness (QED) is 0.583. The molecule has 2 fully saturated rings. The third-order valence-corrected chi connectivity index (χ3v) is 7.89. The van der Waals surface area contributed by atoms with Crippen LogP contribution >= 0.6 is 34.5 Å². The Balaban J connectivity index is 1.34. The summed E-state index contributed by atoms with van der Waals surface area (Å²) >= 11 is 13.4. The maximum Gasteiger partial charge on any atom is 0.331 e. The second-order valence-electron chi connectivity index (χ2n) is 8.83. The van der Waals surface area contributed by atoms with Crippen LogP contribution in [0.2, 0.25) is 9.36 Å². The Morgan fingerprint density at radius 2 is 1.97 bits per heavy atom. The molecule has 5 rings (SSSR count). The van der Waals surface area contributed by atoms with Gasteiger partial charge in [-0.05, 0) is 49.9 Å². The summed E-state index contributed by atoms with van der Waals surface area (Å²) in [5.74, 6) is -0.389. The number of carbonyl (C=O) groups is 3. The molecule has 1 aromatic heterocycles. The molecule has 3 aliphatic rings. The van der Waals surface area contributed by atoms with Gasteiger partial charge in [0.1, 0.15) is 9.88 Å². The minimum absolute atomic E-state index is 0.270. The van der Waals surface area contributed by atoms with Gasteiger partial charge in [0.15, 0.2) is 5.13 Å². The number of nitrogens with zero attached hydrogens (tertiary/aromatic N) is 3. The van der Waals surface area contributed by atoms with E-state index in [9.17, 15) is 14.4 Å². The number of urea groups is 2. The van der Waals surface area contributed by atoms with Gasteiger partial charge in [0.05, 0.1) is 12.8 Å². The number of esters is 1. The summed E-state index contributed by atoms with van der Waals surface area (Å²) in [6, 6.07) is 4.81. The van der Waals surface area contributed by atoms with Crippen molar-refractivity contribution in [3.63, 3.8) is 0 Å². The second-order valence-corrected chi connectivity index (χ2v) is 10.9. The SMILES string of the molecule is CCOC(=O)C1(NC(=O)N2CCC3(C2)CN(C(=O)Nc2ncc(Cl)s2)c2ccc(Cl)cc23)CC1. The Morgan fingerprint density at radius 3 is 2.65 bits per heavy atom. The van der Waals surface area contributed by atoms with Crippen LogP contribution < -0.4 is 15.5 Å². The average molecular weight is 524 g/mol. The first-order valence-electron chi connectivity index (χ1n) is 11.0. The fraction of sp³-hybridized carbons (Fsp3) is 0.455. The highest BCUT2D eigenvalue weighted by Gasteiger charge is 2.55. The Morgan fingerprint density at radius 1 is 1.18 bits per heavy atom. The lowest BCUT2D eigenvalue weighted by Crippen LogP contribution is -2.50. The van der Waals surface area contributed by atoms with Gasteiger partial charge in [0, 0.05) is 35.8 Å². The number of carbonyl (C=O) groups excluding carboxylic acids is 3. The lowest BCUT2D eigenvalue weighted by molar-refractivity contribution is -0.146. The summed E-state index contributed by atoms with van der Waals surface area (Å²) < 4.78 is 5.61. The van der Waals surface area contributed by atoms with Crippen LogP contribution in [0.25, 0.3) is 0 Å². The van der Waals surface area contributed by atoms with Crippen molar-refractivity contribution in [3.8, 4) is 0 Å². The summed E-state index contributed by atoms with van der Waals surface area (Å²) in [5.41, 5.74) is 0.294. The molecular formula is C22H23Cl2N5O4S. The van der Waals surface area contributed by atoms with Gasteiger partial charge in [0.2, 0.25) is 0 Å². The number of amides is 4. The van der Waals surface area contributed by atoms with E-state index in [1.54, 1.807) is 22.8 Å². The predicted octanol–water partition coefficient (Wildman–Crippen LogP) is 4.25. The number of likely N-dealkylation sites (tertiary alicyclic amines) is 1. The summed E-state index contributed by atoms with van der Waals surface area (Å²) in [5, 5.41) is 6.65. The number of fused-ring (bicyclic) bond motifs is 2. The van der Waals surface area contributed by atoms with Crippen molar-refractivity contribution in [2.24, 2.45) is 0 Å². The summed E-state index contributed by atoms with van der Waals surface area (Å²) in [6.45, 7) is 3.30. The Kier molecular flexibility index (Phi) is 5.86. The van der Waals surface area contributed by atoms with E-state index in [1.807, 2.05) is 12.1 Å². The van der Waals surface area contributed by atoms with Crippen LogP contribution in [0.5, 0.6) is 0 Å². The third-order valence-electron chi connectivity index (χ3n) is 6.62. The Labute approximate surface area is 210 Å². The Hall–Kier alpha value is -2.56. The van der Waals surface area contributed by atoms with Crippen LogP contribution in [0, 0.1) is 0 Å². The minimum Gasteiger partial charge on any atom is -0.464 e. The molecule has 2 aliphatic heterocycles. The molecule has 12 heteroatoms. The van der Waals surface area contributed by atoms with Gasteiger partial charge >= 0.3 is 18.0 Å². The molecule has 2 N–H and O–H groups in total. The molecule has 2 aromatic rings. The average Bonchev–Trinajstić information content (AvgIpc) is 3.13. The molecule has 3 heterocycles. The first-order valence-corrected chi connectivity index (χ1v) is 12.6. The van der Waals surface area contributed by atoms with Crippen LogP contribution in [0.4, 0.5) is 20.4 Å². The lowest BCUT2D eigenvalue weighted by Gasteiger charge is -2.27. The molecule has 1 saturated heterocycles. The highest BCUT2D eigenvalue weighted by molar-refractivity contribution is 7.19. The van der Waals surface area contributed by atoms with Gasteiger partial charge in [0.25, 0.3) is 0 Å². The summed E-state index contributed by atoms with van der Waals surface area (Å²) in [7, 11) is 0. The van der Waals surface area contributed by atoms with Gasteiger partial charge in [-0.15, -0.1) is 0 Å². The molecule has 1 aromatic carbocycles. The van der Waals surface area contributed by atoms with Crippen molar-refractivity contribution in [2.45, 2.75) is 37.1 Å². The number of halogens is 2. The number of ether oxygens (including phenoxy) is 1. The van der Waals surface area contributed by atoms with E-state index in [0.717, 1.165) is 11.3 Å². The number of aromatic nitrogens is 1. The van der Waals surface area contributed by atoms with Crippen molar-refractivity contribution in [1.82, 2.24) is 15.2 Å². The monoisotopic (exact) mass is 523 g/mol. The van der Waals surface area contributed by atoms with E-state index < -0.39 is 11.0 Å². The smallest absolute Gasteiger partial charge is 0.331 e. The van der Waals surface area contributed by atoms with E-state index in [2.05, 4.69) is 15.6 Å². The maximum atomic E-state index is 13.1. The fourth-order valence-corrected chi connectivity index (χ4v) is 5.72. The molecule has 180 valence electrons. The minimum atomic E-state index is -0.916. The molecule has 1 unspecified atom stereocenters. The zero-order valence-corrected chi connectivity index (χ0v) is 20.7. The van der Waals surface area contributed by atoms with Gasteiger partial charge < -0.3 is 15.0 Å². The van der Waals surface area contributed by atoms with Crippen molar-refractivity contribution in [3.05, 3.63) is 39.3 Å². The first-order chi connectivity index (χ1) is 16.2. The fourth-order valence-electron chi connectivity index (χ4n) is 4.75.